The van der Waals surface area contributed by atoms with Gasteiger partial charge in [-0.3, -0.25) is 24.0 Å². The van der Waals surface area contributed by atoms with Gasteiger partial charge in [0.05, 0.1) is 7.11 Å². The van der Waals surface area contributed by atoms with Gasteiger partial charge in [-0.25, -0.2) is 0 Å². The molecule has 2 saturated carbocycles. The molecule has 1 aromatic carbocycles. The van der Waals surface area contributed by atoms with Crippen LogP contribution in [0.3, 0.4) is 0 Å². The molecule has 2 aromatic rings. The van der Waals surface area contributed by atoms with Crippen molar-refractivity contribution in [2.75, 3.05) is 13.7 Å². The zero-order chi connectivity index (χ0) is 29.8. The Balaban J connectivity index is 1.25. The number of H-pyrrole nitrogens is 1. The zero-order valence-corrected chi connectivity index (χ0v) is 24.3. The number of aromatic nitrogens is 1. The first-order valence-corrected chi connectivity index (χ1v) is 15.0. The Morgan fingerprint density at radius 2 is 1.90 bits per heavy atom. The van der Waals surface area contributed by atoms with E-state index in [1.807, 2.05) is 32.0 Å². The Hall–Kier alpha value is -3.89. The number of carbonyl (C=O) groups is 5. The fourth-order valence-corrected chi connectivity index (χ4v) is 7.17. The Bertz CT molecular complexity index is 1440. The van der Waals surface area contributed by atoms with E-state index in [1.54, 1.807) is 18.1 Å². The van der Waals surface area contributed by atoms with Gasteiger partial charge in [0, 0.05) is 40.9 Å². The molecule has 2 aliphatic heterocycles. The smallest absolute Gasteiger partial charge is 0.288 e. The van der Waals surface area contributed by atoms with Crippen molar-refractivity contribution in [3.63, 3.8) is 0 Å². The van der Waals surface area contributed by atoms with Gasteiger partial charge in [0.1, 0.15) is 23.5 Å². The molecule has 2 aliphatic carbocycles. The molecule has 5 atom stereocenters. The van der Waals surface area contributed by atoms with E-state index in [0.29, 0.717) is 24.4 Å². The van der Waals surface area contributed by atoms with Crippen molar-refractivity contribution in [2.45, 2.75) is 76.5 Å². The SMILES string of the molecule is COc1cccc2[nH]c(C(=O)N3C[C@@H]4CCC[C@@H]4[C@H]3NC(=O)[C@@H](C[C@@H]3CC(C)(C)NC3=O)C(=O)C(=O)NC3CC3)cc12. The molecule has 4 amide bonds. The zero-order valence-electron chi connectivity index (χ0n) is 24.3. The van der Waals surface area contributed by atoms with Crippen LogP contribution in [0.2, 0.25) is 0 Å². The summed E-state index contributed by atoms with van der Waals surface area (Å²) in [6.45, 7) is 4.27. The second kappa shape index (κ2) is 10.7. The van der Waals surface area contributed by atoms with Crippen LogP contribution in [0.5, 0.6) is 5.75 Å². The Labute approximate surface area is 244 Å². The molecule has 4 fully saturated rings. The number of aromatic amines is 1. The van der Waals surface area contributed by atoms with Gasteiger partial charge in [-0.2, -0.15) is 0 Å². The van der Waals surface area contributed by atoms with E-state index in [1.165, 1.54) is 0 Å². The number of hydrogen-bond acceptors (Lipinski definition) is 6. The van der Waals surface area contributed by atoms with Crippen LogP contribution < -0.4 is 20.7 Å². The maximum atomic E-state index is 13.9. The molecule has 3 heterocycles. The molecule has 11 heteroatoms. The van der Waals surface area contributed by atoms with Crippen molar-refractivity contribution in [1.29, 1.82) is 0 Å². The van der Waals surface area contributed by atoms with E-state index in [2.05, 4.69) is 20.9 Å². The number of benzene rings is 1. The molecular weight excluding hydrogens is 538 g/mol. The summed E-state index contributed by atoms with van der Waals surface area (Å²) in [5, 5.41) is 9.41. The van der Waals surface area contributed by atoms with Crippen LogP contribution in [0, 0.1) is 23.7 Å². The Morgan fingerprint density at radius 1 is 1.12 bits per heavy atom. The van der Waals surface area contributed by atoms with Crippen molar-refractivity contribution in [3.8, 4) is 5.75 Å². The molecule has 4 N–H and O–H groups in total. The molecule has 2 saturated heterocycles. The minimum Gasteiger partial charge on any atom is -0.496 e. The number of nitrogens with one attached hydrogen (secondary N) is 4. The minimum absolute atomic E-state index is 0.0431. The average molecular weight is 578 g/mol. The lowest BCUT2D eigenvalue weighted by Crippen LogP contribution is -2.53. The standard InChI is InChI=1S/C31H39N5O6/c1-31(2)14-17(27(38)35-31)12-21(25(37)29(40)32-18-10-11-18)28(39)34-26-19-7-4-6-16(19)15-36(26)30(41)23-13-20-22(33-23)8-5-9-24(20)42-3/h5,8-9,13,16-19,21,26,33H,4,6-7,10-12,14-15H2,1-3H3,(H,32,40)(H,34,39)(H,35,38)/t16-,17+,19-,21-,26-/m0/s1. The first-order valence-electron chi connectivity index (χ1n) is 15.0. The predicted octanol–water partition coefficient (Wildman–Crippen LogP) is 2.26. The molecule has 6 rings (SSSR count). The summed E-state index contributed by atoms with van der Waals surface area (Å²) in [6, 6.07) is 7.26. The molecule has 0 bridgehead atoms. The lowest BCUT2D eigenvalue weighted by Gasteiger charge is -2.30. The minimum atomic E-state index is -1.33. The van der Waals surface area contributed by atoms with Gasteiger partial charge in [-0.1, -0.05) is 12.5 Å². The maximum Gasteiger partial charge on any atom is 0.288 e. The van der Waals surface area contributed by atoms with Gasteiger partial charge >= 0.3 is 0 Å². The third kappa shape index (κ3) is 5.36. The predicted molar refractivity (Wildman–Crippen MR) is 153 cm³/mol. The quantitative estimate of drug-likeness (QED) is 0.265. The van der Waals surface area contributed by atoms with Gasteiger partial charge < -0.3 is 30.6 Å². The molecule has 0 unspecified atom stereocenters. The van der Waals surface area contributed by atoms with E-state index < -0.39 is 41.1 Å². The number of hydrogen-bond donors (Lipinski definition) is 4. The summed E-state index contributed by atoms with van der Waals surface area (Å²) >= 11 is 0. The van der Waals surface area contributed by atoms with E-state index in [-0.39, 0.29) is 36.1 Å². The van der Waals surface area contributed by atoms with Crippen LogP contribution in [0.25, 0.3) is 10.9 Å². The third-order valence-corrected chi connectivity index (χ3v) is 9.39. The summed E-state index contributed by atoms with van der Waals surface area (Å²) in [4.78, 5) is 71.6. The largest absolute Gasteiger partial charge is 0.496 e. The lowest BCUT2D eigenvalue weighted by atomic mass is 9.85. The number of fused-ring (bicyclic) bond motifs is 2. The average Bonchev–Trinajstić information content (AvgIpc) is 3.26. The van der Waals surface area contributed by atoms with Crippen LogP contribution in [-0.4, -0.2) is 70.7 Å². The summed E-state index contributed by atoms with van der Waals surface area (Å²) in [5.74, 6) is -3.70. The first kappa shape index (κ1) is 28.2. The number of rotatable bonds is 9. The molecular formula is C31H39N5O6. The van der Waals surface area contributed by atoms with Crippen LogP contribution in [0.4, 0.5) is 0 Å². The number of nitrogens with zero attached hydrogens (tertiary/aromatic N) is 1. The first-order chi connectivity index (χ1) is 20.0. The van der Waals surface area contributed by atoms with E-state index >= 15 is 0 Å². The number of carbonyl (C=O) groups excluding carboxylic acids is 5. The fraction of sp³-hybridized carbons (Fsp3) is 0.581. The highest BCUT2D eigenvalue weighted by molar-refractivity contribution is 6.40. The molecule has 224 valence electrons. The van der Waals surface area contributed by atoms with E-state index in [9.17, 15) is 24.0 Å². The van der Waals surface area contributed by atoms with E-state index in [4.69, 9.17) is 4.74 Å². The Morgan fingerprint density at radius 3 is 2.60 bits per heavy atom. The van der Waals surface area contributed by atoms with Crippen LogP contribution in [0.1, 0.15) is 69.3 Å². The number of ether oxygens (including phenoxy) is 1. The number of methoxy groups -OCH3 is 1. The van der Waals surface area contributed by atoms with E-state index in [0.717, 1.165) is 43.0 Å². The highest BCUT2D eigenvalue weighted by atomic mass is 16.5. The second-order valence-electron chi connectivity index (χ2n) is 13.0. The number of ketones is 1. The third-order valence-electron chi connectivity index (χ3n) is 9.39. The number of likely N-dealkylation sites (tertiary alicyclic amines) is 1. The lowest BCUT2D eigenvalue weighted by molar-refractivity contribution is -0.145. The highest BCUT2D eigenvalue weighted by Crippen LogP contribution is 2.42. The van der Waals surface area contributed by atoms with Gasteiger partial charge in [-0.15, -0.1) is 0 Å². The molecule has 1 aromatic heterocycles. The van der Waals surface area contributed by atoms with Crippen LogP contribution in [-0.2, 0) is 19.2 Å². The van der Waals surface area contributed by atoms with Crippen LogP contribution >= 0.6 is 0 Å². The second-order valence-corrected chi connectivity index (χ2v) is 13.0. The van der Waals surface area contributed by atoms with Crippen molar-refractivity contribution in [1.82, 2.24) is 25.8 Å². The van der Waals surface area contributed by atoms with Crippen molar-refractivity contribution >= 4 is 40.3 Å². The monoisotopic (exact) mass is 577 g/mol. The van der Waals surface area contributed by atoms with Crippen molar-refractivity contribution in [3.05, 3.63) is 30.0 Å². The summed E-state index contributed by atoms with van der Waals surface area (Å²) < 4.78 is 5.46. The van der Waals surface area contributed by atoms with Crippen LogP contribution in [0.15, 0.2) is 24.3 Å². The van der Waals surface area contributed by atoms with Gasteiger partial charge in [0.15, 0.2) is 0 Å². The summed E-state index contributed by atoms with van der Waals surface area (Å²) in [5.41, 5.74) is 0.689. The summed E-state index contributed by atoms with van der Waals surface area (Å²) in [6.07, 6.45) is 4.17. The Kier molecular flexibility index (Phi) is 7.22. The molecule has 0 spiro atoms. The van der Waals surface area contributed by atoms with Crippen molar-refractivity contribution in [2.24, 2.45) is 23.7 Å². The molecule has 42 heavy (non-hydrogen) atoms. The molecule has 11 nitrogen and oxygen atoms in total. The van der Waals surface area contributed by atoms with Gasteiger partial charge in [-0.05, 0) is 76.5 Å². The number of Topliss-reactive ketones (excluding diaryl/α,β-unsaturated/α-hetero) is 1. The maximum absolute atomic E-state index is 13.9. The topological polar surface area (TPSA) is 150 Å². The molecule has 0 radical (unpaired) electrons. The molecule has 4 aliphatic rings. The van der Waals surface area contributed by atoms with Gasteiger partial charge in [0.25, 0.3) is 11.8 Å². The fourth-order valence-electron chi connectivity index (χ4n) is 7.17. The number of amides is 4. The van der Waals surface area contributed by atoms with Gasteiger partial charge in [0.2, 0.25) is 17.6 Å². The highest BCUT2D eigenvalue weighted by Gasteiger charge is 2.49. The van der Waals surface area contributed by atoms with Crippen molar-refractivity contribution < 1.29 is 28.7 Å². The summed E-state index contributed by atoms with van der Waals surface area (Å²) in [7, 11) is 1.58. The normalized spacial score (nSPS) is 26.9.